The minimum Gasteiger partial charge on any atom is -0.325 e. The Morgan fingerprint density at radius 2 is 1.35 bits per heavy atom. The summed E-state index contributed by atoms with van der Waals surface area (Å²) in [5.41, 5.74) is 0.334. The molecule has 0 fully saturated rings. The van der Waals surface area contributed by atoms with Gasteiger partial charge in [-0.2, -0.15) is 4.31 Å². The van der Waals surface area contributed by atoms with E-state index in [4.69, 9.17) is 0 Å². The molecule has 0 heterocycles. The monoisotopic (exact) mass is 466 g/mol. The number of carbonyl (C=O) groups excluding carboxylic acids is 1. The summed E-state index contributed by atoms with van der Waals surface area (Å²) in [7, 11) is -7.39. The first-order chi connectivity index (χ1) is 14.7. The van der Waals surface area contributed by atoms with Crippen LogP contribution < -0.4 is 5.32 Å². The summed E-state index contributed by atoms with van der Waals surface area (Å²) < 4.78 is 52.1. The maximum absolute atomic E-state index is 13.0. The Balaban J connectivity index is 2.09. The average Bonchev–Trinajstić information content (AvgIpc) is 2.74. The number of nitrogens with zero attached hydrogens (tertiary/aromatic N) is 1. The first-order valence-corrected chi connectivity index (χ1v) is 13.5. The quantitative estimate of drug-likeness (QED) is 0.514. The lowest BCUT2D eigenvalue weighted by molar-refractivity contribution is -0.113. The molecule has 0 spiro atoms. The fourth-order valence-corrected chi connectivity index (χ4v) is 5.63. The Kier molecular flexibility index (Phi) is 9.21. The zero-order valence-electron chi connectivity index (χ0n) is 18.0. The van der Waals surface area contributed by atoms with E-state index in [1.54, 1.807) is 18.2 Å². The van der Waals surface area contributed by atoms with Gasteiger partial charge in [0.15, 0.2) is 9.84 Å². The van der Waals surface area contributed by atoms with Gasteiger partial charge >= 0.3 is 0 Å². The van der Waals surface area contributed by atoms with Crippen molar-refractivity contribution in [3.63, 3.8) is 0 Å². The van der Waals surface area contributed by atoms with Crippen molar-refractivity contribution in [3.05, 3.63) is 54.6 Å². The molecule has 0 bridgehead atoms. The number of benzene rings is 2. The number of carbonyl (C=O) groups is 1. The second-order valence-corrected chi connectivity index (χ2v) is 11.2. The fraction of sp³-hybridized carbons (Fsp3) is 0.409. The molecule has 31 heavy (non-hydrogen) atoms. The van der Waals surface area contributed by atoms with Crippen molar-refractivity contribution < 1.29 is 21.6 Å². The molecule has 0 aromatic heterocycles. The highest BCUT2D eigenvalue weighted by Crippen LogP contribution is 2.20. The number of unbranched alkanes of at least 4 members (excludes halogenated alkanes) is 2. The van der Waals surface area contributed by atoms with Gasteiger partial charge < -0.3 is 5.32 Å². The molecule has 0 unspecified atom stereocenters. The molecule has 9 heteroatoms. The van der Waals surface area contributed by atoms with Crippen molar-refractivity contribution in [2.24, 2.45) is 0 Å². The number of hydrogen-bond donors (Lipinski definition) is 1. The summed E-state index contributed by atoms with van der Waals surface area (Å²) in [5.74, 6) is -1.38. The Morgan fingerprint density at radius 3 is 1.87 bits per heavy atom. The summed E-state index contributed by atoms with van der Waals surface area (Å²) in [5, 5.41) is 2.52. The Labute approximate surface area is 185 Å². The van der Waals surface area contributed by atoms with E-state index in [-0.39, 0.29) is 9.79 Å². The second kappa shape index (κ2) is 11.4. The van der Waals surface area contributed by atoms with Crippen LogP contribution in [-0.4, -0.2) is 45.9 Å². The number of anilines is 1. The van der Waals surface area contributed by atoms with Crippen molar-refractivity contribution in [2.75, 3.05) is 24.2 Å². The molecule has 2 aromatic carbocycles. The lowest BCUT2D eigenvalue weighted by atomic mass is 10.3. The maximum Gasteiger partial charge on any atom is 0.243 e. The van der Waals surface area contributed by atoms with E-state index in [9.17, 15) is 21.6 Å². The number of nitrogens with one attached hydrogen (secondary N) is 1. The van der Waals surface area contributed by atoms with Crippen LogP contribution in [0.15, 0.2) is 64.4 Å². The third kappa shape index (κ3) is 7.15. The van der Waals surface area contributed by atoms with Gasteiger partial charge in [-0.25, -0.2) is 16.8 Å². The van der Waals surface area contributed by atoms with Crippen molar-refractivity contribution in [1.29, 1.82) is 0 Å². The van der Waals surface area contributed by atoms with Crippen molar-refractivity contribution in [1.82, 2.24) is 4.31 Å². The Hall–Kier alpha value is -2.23. The molecule has 7 nitrogen and oxygen atoms in total. The largest absolute Gasteiger partial charge is 0.325 e. The molecule has 1 N–H and O–H groups in total. The van der Waals surface area contributed by atoms with Gasteiger partial charge in [0.25, 0.3) is 0 Å². The van der Waals surface area contributed by atoms with Crippen LogP contribution in [0.5, 0.6) is 0 Å². The van der Waals surface area contributed by atoms with Gasteiger partial charge in [-0.05, 0) is 49.2 Å². The summed E-state index contributed by atoms with van der Waals surface area (Å²) >= 11 is 0. The highest BCUT2D eigenvalue weighted by Gasteiger charge is 2.24. The van der Waals surface area contributed by atoms with Gasteiger partial charge in [0.1, 0.15) is 5.75 Å². The Morgan fingerprint density at radius 1 is 0.806 bits per heavy atom. The molecule has 2 rings (SSSR count). The molecule has 0 aliphatic rings. The fourth-order valence-electron chi connectivity index (χ4n) is 2.96. The number of sulfone groups is 1. The van der Waals surface area contributed by atoms with Crippen LogP contribution >= 0.6 is 0 Å². The SMILES string of the molecule is CCCCN(CCCC)S(=O)(=O)c1ccc(NC(=O)CS(=O)(=O)c2ccccc2)cc1. The van der Waals surface area contributed by atoms with E-state index in [1.165, 1.54) is 40.7 Å². The first-order valence-electron chi connectivity index (χ1n) is 10.4. The molecule has 0 saturated carbocycles. The van der Waals surface area contributed by atoms with Gasteiger partial charge in [-0.1, -0.05) is 44.9 Å². The topological polar surface area (TPSA) is 101 Å². The molecular weight excluding hydrogens is 436 g/mol. The van der Waals surface area contributed by atoms with Crippen LogP contribution in [0.3, 0.4) is 0 Å². The molecule has 0 radical (unpaired) electrons. The second-order valence-electron chi connectivity index (χ2n) is 7.26. The van der Waals surface area contributed by atoms with Crippen molar-refractivity contribution in [3.8, 4) is 0 Å². The standard InChI is InChI=1S/C22H30N2O5S2/c1-3-5-16-24(17-6-4-2)31(28,29)21-14-12-19(13-15-21)23-22(25)18-30(26,27)20-10-8-7-9-11-20/h7-15H,3-6,16-18H2,1-2H3,(H,23,25). The van der Waals surface area contributed by atoms with Crippen LogP contribution in [0.4, 0.5) is 5.69 Å². The van der Waals surface area contributed by atoms with E-state index >= 15 is 0 Å². The normalized spacial score (nSPS) is 12.1. The molecule has 0 aliphatic carbocycles. The molecular formula is C22H30N2O5S2. The Bertz CT molecular complexity index is 1040. The van der Waals surface area contributed by atoms with Crippen LogP contribution in [0.2, 0.25) is 0 Å². The third-order valence-electron chi connectivity index (χ3n) is 4.72. The summed E-state index contributed by atoms with van der Waals surface area (Å²) in [4.78, 5) is 12.4. The zero-order valence-corrected chi connectivity index (χ0v) is 19.6. The van der Waals surface area contributed by atoms with Crippen LogP contribution in [0.1, 0.15) is 39.5 Å². The lowest BCUT2D eigenvalue weighted by Gasteiger charge is -2.22. The van der Waals surface area contributed by atoms with E-state index in [2.05, 4.69) is 5.32 Å². The van der Waals surface area contributed by atoms with E-state index in [0.717, 1.165) is 25.7 Å². The van der Waals surface area contributed by atoms with Gasteiger partial charge in [0, 0.05) is 18.8 Å². The summed E-state index contributed by atoms with van der Waals surface area (Å²) in [6.45, 7) is 4.96. The smallest absolute Gasteiger partial charge is 0.243 e. The van der Waals surface area contributed by atoms with Crippen LogP contribution in [0.25, 0.3) is 0 Å². The zero-order chi connectivity index (χ0) is 22.9. The summed E-state index contributed by atoms with van der Waals surface area (Å²) in [6, 6.07) is 13.6. The molecule has 2 aromatic rings. The van der Waals surface area contributed by atoms with E-state index < -0.39 is 31.5 Å². The highest BCUT2D eigenvalue weighted by molar-refractivity contribution is 7.92. The molecule has 0 saturated heterocycles. The van der Waals surface area contributed by atoms with E-state index in [0.29, 0.717) is 18.8 Å². The molecule has 1 amide bonds. The van der Waals surface area contributed by atoms with Crippen molar-refractivity contribution in [2.45, 2.75) is 49.3 Å². The van der Waals surface area contributed by atoms with Crippen LogP contribution in [0, 0.1) is 0 Å². The predicted molar refractivity (Wildman–Crippen MR) is 122 cm³/mol. The maximum atomic E-state index is 13.0. The van der Waals surface area contributed by atoms with Gasteiger partial charge in [-0.3, -0.25) is 4.79 Å². The minimum absolute atomic E-state index is 0.0749. The van der Waals surface area contributed by atoms with E-state index in [1.807, 2.05) is 13.8 Å². The van der Waals surface area contributed by atoms with Gasteiger partial charge in [0.2, 0.25) is 15.9 Å². The van der Waals surface area contributed by atoms with Crippen molar-refractivity contribution >= 4 is 31.5 Å². The molecule has 0 atom stereocenters. The lowest BCUT2D eigenvalue weighted by Crippen LogP contribution is -2.33. The predicted octanol–water partition coefficient (Wildman–Crippen LogP) is 3.69. The molecule has 0 aliphatic heterocycles. The summed E-state index contributed by atoms with van der Waals surface area (Å²) in [6.07, 6.45) is 3.37. The van der Waals surface area contributed by atoms with Gasteiger partial charge in [0.05, 0.1) is 9.79 Å². The number of sulfonamides is 1. The highest BCUT2D eigenvalue weighted by atomic mass is 32.2. The average molecular weight is 467 g/mol. The number of hydrogen-bond acceptors (Lipinski definition) is 5. The minimum atomic E-state index is -3.75. The number of rotatable bonds is 12. The third-order valence-corrected chi connectivity index (χ3v) is 8.27. The molecule has 170 valence electrons. The van der Waals surface area contributed by atoms with Crippen LogP contribution in [-0.2, 0) is 24.7 Å². The first kappa shape index (κ1) is 25.0. The number of amides is 1. The van der Waals surface area contributed by atoms with Gasteiger partial charge in [-0.15, -0.1) is 0 Å².